The molecule has 0 aliphatic heterocycles. The molecule has 0 aromatic rings. The third kappa shape index (κ3) is 11.9. The van der Waals surface area contributed by atoms with Gasteiger partial charge in [0.15, 0.2) is 0 Å². The Bertz CT molecular complexity index is 299. The Hall–Kier alpha value is -0.600. The molecule has 0 atom stereocenters. The fourth-order valence-electron chi connectivity index (χ4n) is 4.52. The summed E-state index contributed by atoms with van der Waals surface area (Å²) in [6.07, 6.45) is 14.4. The van der Waals surface area contributed by atoms with E-state index in [2.05, 4.69) is 73.4 Å². The van der Waals surface area contributed by atoms with Gasteiger partial charge in [0.1, 0.15) is 0 Å². The van der Waals surface area contributed by atoms with Crippen molar-refractivity contribution in [2.45, 2.75) is 87.0 Å². The molecule has 0 saturated heterocycles. The molecule has 0 fully saturated rings. The van der Waals surface area contributed by atoms with Gasteiger partial charge in [0, 0.05) is 0 Å². The number of hydrogen-bond acceptors (Lipinski definition) is 0. The molecule has 0 aromatic heterocycles. The van der Waals surface area contributed by atoms with Crippen LogP contribution in [-0.4, -0.2) is 54.8 Å². The van der Waals surface area contributed by atoms with Gasteiger partial charge in [-0.1, -0.05) is 48.1 Å². The van der Waals surface area contributed by atoms with Gasteiger partial charge in [-0.15, -0.1) is 0 Å². The van der Waals surface area contributed by atoms with E-state index in [1.165, 1.54) is 86.8 Å². The quantitative estimate of drug-likeness (QED) is 0.220. The topological polar surface area (TPSA) is 0 Å². The maximum absolute atomic E-state index is 3.88. The van der Waals surface area contributed by atoms with Crippen molar-refractivity contribution in [1.29, 1.82) is 0 Å². The maximum atomic E-state index is 3.88. The lowest BCUT2D eigenvalue weighted by atomic mass is 10.2. The van der Waals surface area contributed by atoms with Gasteiger partial charge in [0.25, 0.3) is 0 Å². The Kier molecular flexibility index (Phi) is 18.9. The highest BCUT2D eigenvalue weighted by Gasteiger charge is 2.22. The molecule has 0 aliphatic rings. The van der Waals surface area contributed by atoms with E-state index in [0.717, 1.165) is 6.54 Å². The lowest BCUT2D eigenvalue weighted by Crippen LogP contribution is -2.49. The van der Waals surface area contributed by atoms with Crippen LogP contribution in [0.1, 0.15) is 87.0 Å². The molecule has 0 unspecified atom stereocenters. The summed E-state index contributed by atoms with van der Waals surface area (Å²) in [7, 11) is 0. The zero-order valence-corrected chi connectivity index (χ0v) is 19.5. The fourth-order valence-corrected chi connectivity index (χ4v) is 4.52. The minimum atomic E-state index is 1.15. The first kappa shape index (κ1) is 27.6. The molecule has 0 heterocycles. The number of allylic oxidation sites excluding steroid dienone is 1. The van der Waals surface area contributed by atoms with Gasteiger partial charge in [0.2, 0.25) is 0 Å². The van der Waals surface area contributed by atoms with Crippen molar-refractivity contribution in [3.63, 3.8) is 0 Å². The smallest absolute Gasteiger partial charge is 0.0971 e. The predicted octanol–water partition coefficient (Wildman–Crippen LogP) is 6.79. The van der Waals surface area contributed by atoms with Crippen LogP contribution in [-0.2, 0) is 0 Å². The van der Waals surface area contributed by atoms with E-state index >= 15 is 0 Å². The second-order valence-electron chi connectivity index (χ2n) is 7.86. The van der Waals surface area contributed by atoms with Crippen molar-refractivity contribution < 1.29 is 8.97 Å². The zero-order chi connectivity index (χ0) is 20.3. The summed E-state index contributed by atoms with van der Waals surface area (Å²) < 4.78 is 2.45. The Morgan fingerprint density at radius 1 is 0.615 bits per heavy atom. The molecule has 2 heteroatoms. The highest BCUT2D eigenvalue weighted by Crippen LogP contribution is 2.13. The monoisotopic (exact) mass is 368 g/mol. The highest BCUT2D eigenvalue weighted by atomic mass is 15.3. The van der Waals surface area contributed by atoms with Crippen LogP contribution in [0.5, 0.6) is 0 Å². The van der Waals surface area contributed by atoms with Crippen molar-refractivity contribution in [2.75, 3.05) is 45.8 Å². The summed E-state index contributed by atoms with van der Waals surface area (Å²) in [5.74, 6) is 0. The largest absolute Gasteiger partial charge is 0.320 e. The van der Waals surface area contributed by atoms with Gasteiger partial charge < -0.3 is 4.48 Å². The van der Waals surface area contributed by atoms with Gasteiger partial charge in [-0.3, -0.25) is 4.48 Å². The molecule has 0 aliphatic carbocycles. The zero-order valence-electron chi connectivity index (χ0n) is 19.5. The Labute approximate surface area is 167 Å². The van der Waals surface area contributed by atoms with Crippen LogP contribution in [0.2, 0.25) is 0 Å². The average Bonchev–Trinajstić information content (AvgIpc) is 2.57. The van der Waals surface area contributed by atoms with Crippen LogP contribution >= 0.6 is 0 Å². The molecule has 0 bridgehead atoms. The van der Waals surface area contributed by atoms with Crippen LogP contribution in [0.3, 0.4) is 0 Å². The molecule has 2 nitrogen and oxygen atoms in total. The van der Waals surface area contributed by atoms with E-state index in [4.69, 9.17) is 0 Å². The molecule has 0 aromatic carbocycles. The first-order valence-electron chi connectivity index (χ1n) is 11.4. The van der Waals surface area contributed by atoms with Crippen molar-refractivity contribution in [3.8, 4) is 0 Å². The van der Waals surface area contributed by atoms with Gasteiger partial charge in [-0.05, 0) is 57.6 Å². The van der Waals surface area contributed by atoms with Gasteiger partial charge in [-0.2, -0.15) is 0 Å². The van der Waals surface area contributed by atoms with Crippen molar-refractivity contribution in [2.24, 2.45) is 0 Å². The summed E-state index contributed by atoms with van der Waals surface area (Å²) >= 11 is 0. The summed E-state index contributed by atoms with van der Waals surface area (Å²) in [5.41, 5.74) is 0. The van der Waals surface area contributed by atoms with E-state index in [1.807, 2.05) is 0 Å². The summed E-state index contributed by atoms with van der Waals surface area (Å²) in [6, 6.07) is 0. The van der Waals surface area contributed by atoms with E-state index in [0.29, 0.717) is 0 Å². The molecule has 26 heavy (non-hydrogen) atoms. The lowest BCUT2D eigenvalue weighted by molar-refractivity contribution is -0.923. The first-order valence-corrected chi connectivity index (χ1v) is 11.4. The van der Waals surface area contributed by atoms with Gasteiger partial charge in [-0.25, -0.2) is 0 Å². The lowest BCUT2D eigenvalue weighted by Gasteiger charge is -2.37. The Balaban J connectivity index is 0. The minimum Gasteiger partial charge on any atom is -0.320 e. The standard InChI is InChI=1S/2C12H26N/c2*1-5-9-13(10-6-2,11-7-3)12-8-4/h5,9H,6-8,10-12H2,1-4H3;5H,1,6-12H2,2-4H3/q2*+1. The van der Waals surface area contributed by atoms with E-state index in [1.54, 1.807) is 0 Å². The highest BCUT2D eigenvalue weighted by molar-refractivity contribution is 4.69. The molecule has 0 N–H and O–H groups in total. The molecule has 0 saturated carbocycles. The van der Waals surface area contributed by atoms with E-state index in [-0.39, 0.29) is 0 Å². The van der Waals surface area contributed by atoms with Crippen LogP contribution in [0.15, 0.2) is 24.9 Å². The van der Waals surface area contributed by atoms with Crippen molar-refractivity contribution >= 4 is 0 Å². The van der Waals surface area contributed by atoms with Crippen LogP contribution < -0.4 is 0 Å². The van der Waals surface area contributed by atoms with Crippen LogP contribution in [0, 0.1) is 0 Å². The third-order valence-corrected chi connectivity index (χ3v) is 5.08. The maximum Gasteiger partial charge on any atom is 0.0971 e. The molecule has 156 valence electrons. The van der Waals surface area contributed by atoms with Crippen molar-refractivity contribution in [3.05, 3.63) is 24.9 Å². The number of nitrogens with zero attached hydrogens (tertiary/aromatic N) is 2. The Morgan fingerprint density at radius 3 is 1.19 bits per heavy atom. The van der Waals surface area contributed by atoms with Crippen LogP contribution in [0.4, 0.5) is 0 Å². The molecule has 0 rings (SSSR count). The third-order valence-electron chi connectivity index (χ3n) is 5.08. The van der Waals surface area contributed by atoms with Crippen LogP contribution in [0.25, 0.3) is 0 Å². The minimum absolute atomic E-state index is 1.15. The average molecular weight is 369 g/mol. The predicted molar refractivity (Wildman–Crippen MR) is 121 cm³/mol. The first-order chi connectivity index (χ1) is 12.5. The summed E-state index contributed by atoms with van der Waals surface area (Å²) in [6.45, 7) is 28.7. The fraction of sp³-hybridized carbons (Fsp3) is 0.833. The normalized spacial score (nSPS) is 12.1. The van der Waals surface area contributed by atoms with E-state index in [9.17, 15) is 0 Å². The second kappa shape index (κ2) is 17.8. The molecule has 0 radical (unpaired) electrons. The van der Waals surface area contributed by atoms with E-state index < -0.39 is 0 Å². The summed E-state index contributed by atoms with van der Waals surface area (Å²) in [4.78, 5) is 0. The number of quaternary nitrogens is 2. The second-order valence-corrected chi connectivity index (χ2v) is 7.86. The molecular weight excluding hydrogens is 316 g/mol. The number of hydrogen-bond donors (Lipinski definition) is 0. The number of rotatable bonds is 15. The molecular formula is C24H52N2+2. The van der Waals surface area contributed by atoms with Gasteiger partial charge >= 0.3 is 0 Å². The Morgan fingerprint density at radius 2 is 0.962 bits per heavy atom. The molecule has 0 amide bonds. The van der Waals surface area contributed by atoms with Gasteiger partial charge in [0.05, 0.1) is 52.0 Å². The molecule has 0 spiro atoms. The van der Waals surface area contributed by atoms with Crippen molar-refractivity contribution in [1.82, 2.24) is 0 Å². The SMILES string of the molecule is C=CC[N+](CCC)(CCC)CCC.CC=C[N+](CCC)(CCC)CCC. The summed E-state index contributed by atoms with van der Waals surface area (Å²) in [5, 5.41) is 0.